The fourth-order valence-electron chi connectivity index (χ4n) is 5.59. The van der Waals surface area contributed by atoms with E-state index in [2.05, 4.69) is 50.2 Å². The van der Waals surface area contributed by atoms with Crippen LogP contribution in [-0.2, 0) is 10.5 Å². The van der Waals surface area contributed by atoms with E-state index >= 15 is 0 Å². The summed E-state index contributed by atoms with van der Waals surface area (Å²) in [6.07, 6.45) is 1.80. The Balaban J connectivity index is 1.66. The molecule has 0 fully saturated rings. The molecule has 1 atom stereocenters. The van der Waals surface area contributed by atoms with Crippen LogP contribution in [0.1, 0.15) is 53.0 Å². The van der Waals surface area contributed by atoms with Crippen LogP contribution < -0.4 is 10.6 Å². The van der Waals surface area contributed by atoms with E-state index in [-0.39, 0.29) is 11.6 Å². The summed E-state index contributed by atoms with van der Waals surface area (Å²) in [5.74, 6) is 0.577. The second-order valence-corrected chi connectivity index (χ2v) is 11.9. The van der Waals surface area contributed by atoms with E-state index in [1.807, 2.05) is 19.1 Å². The van der Waals surface area contributed by atoms with Crippen LogP contribution in [-0.4, -0.2) is 5.78 Å². The van der Waals surface area contributed by atoms with Gasteiger partial charge in [0.1, 0.15) is 5.82 Å². The summed E-state index contributed by atoms with van der Waals surface area (Å²) in [6, 6.07) is 20.4. The molecule has 4 nitrogen and oxygen atoms in total. The average molecular weight is 575 g/mol. The van der Waals surface area contributed by atoms with Gasteiger partial charge >= 0.3 is 0 Å². The maximum atomic E-state index is 13.6. The molecule has 3 aromatic carbocycles. The van der Waals surface area contributed by atoms with Gasteiger partial charge in [0, 0.05) is 28.3 Å². The van der Waals surface area contributed by atoms with Gasteiger partial charge in [-0.15, -0.1) is 11.8 Å². The molecule has 0 spiro atoms. The largest absolute Gasteiger partial charge is 0.384 e. The van der Waals surface area contributed by atoms with Crippen molar-refractivity contribution < 1.29 is 4.79 Å². The molecule has 1 unspecified atom stereocenters. The van der Waals surface area contributed by atoms with Gasteiger partial charge in [-0.1, -0.05) is 59.6 Å². The van der Waals surface area contributed by atoms with E-state index in [1.165, 1.54) is 21.6 Å². The fraction of sp³-hybridized carbons (Fsp3) is 0.250. The van der Waals surface area contributed by atoms with Crippen molar-refractivity contribution in [2.24, 2.45) is 5.73 Å². The Morgan fingerprint density at radius 2 is 1.79 bits per heavy atom. The minimum absolute atomic E-state index is 0.0421. The second kappa shape index (κ2) is 11.1. The quantitative estimate of drug-likeness (QED) is 0.310. The van der Waals surface area contributed by atoms with Crippen LogP contribution >= 0.6 is 35.0 Å². The number of Topliss-reactive ketones (excluding diaryl/α,β-unsaturated/α-hetero) is 1. The number of carbonyl (C=O) groups is 1. The van der Waals surface area contributed by atoms with E-state index < -0.39 is 5.92 Å². The second-order valence-electron chi connectivity index (χ2n) is 10.1. The predicted molar refractivity (Wildman–Crippen MR) is 161 cm³/mol. The zero-order valence-corrected chi connectivity index (χ0v) is 24.5. The number of benzene rings is 3. The number of thioether (sulfide) groups is 1. The number of nitriles is 1. The van der Waals surface area contributed by atoms with Gasteiger partial charge in [0.05, 0.1) is 33.3 Å². The zero-order chi connectivity index (χ0) is 27.8. The minimum atomic E-state index is -0.533. The van der Waals surface area contributed by atoms with Crippen molar-refractivity contribution in [1.82, 2.24) is 0 Å². The molecule has 0 radical (unpaired) electrons. The lowest BCUT2D eigenvalue weighted by Crippen LogP contribution is -2.39. The fourth-order valence-corrected chi connectivity index (χ4v) is 7.07. The zero-order valence-electron chi connectivity index (χ0n) is 22.1. The monoisotopic (exact) mass is 573 g/mol. The highest BCUT2D eigenvalue weighted by Crippen LogP contribution is 2.49. The lowest BCUT2D eigenvalue weighted by Gasteiger charge is -2.40. The summed E-state index contributed by atoms with van der Waals surface area (Å²) in [7, 11) is 0. The molecule has 1 aliphatic carbocycles. The van der Waals surface area contributed by atoms with Gasteiger partial charge in [-0.25, -0.2) is 0 Å². The lowest BCUT2D eigenvalue weighted by atomic mass is 9.74. The molecule has 2 N–H and O–H groups in total. The first-order chi connectivity index (χ1) is 18.7. The van der Waals surface area contributed by atoms with Crippen molar-refractivity contribution in [2.45, 2.75) is 56.6 Å². The van der Waals surface area contributed by atoms with Crippen LogP contribution in [0.2, 0.25) is 10.0 Å². The maximum absolute atomic E-state index is 13.6. The Kier molecular flexibility index (Phi) is 7.82. The smallest absolute Gasteiger partial charge is 0.161 e. The number of rotatable bonds is 5. The molecule has 39 heavy (non-hydrogen) atoms. The highest BCUT2D eigenvalue weighted by molar-refractivity contribution is 7.98. The standard InChI is InChI=1S/C32H29Cl2N3OS/c1-18-8-4-5-13-28(18)39-17-21-15-22(20(3)14-19(21)2)29-23(16-35)32(36)37(25-10-7-12-27(38)30(25)29)26-11-6-9-24(33)31(26)34/h4-6,8-9,11,13-15,29H,7,10,12,17,36H2,1-3H3. The topological polar surface area (TPSA) is 70.1 Å². The van der Waals surface area contributed by atoms with Gasteiger partial charge in [0.15, 0.2) is 5.78 Å². The molecule has 0 bridgehead atoms. The normalized spacial score (nSPS) is 17.4. The number of anilines is 1. The Hall–Kier alpha value is -3.17. The highest BCUT2D eigenvalue weighted by Gasteiger charge is 2.41. The van der Waals surface area contributed by atoms with Crippen molar-refractivity contribution in [1.29, 1.82) is 5.26 Å². The highest BCUT2D eigenvalue weighted by atomic mass is 35.5. The Morgan fingerprint density at radius 3 is 2.54 bits per heavy atom. The van der Waals surface area contributed by atoms with Gasteiger partial charge in [-0.05, 0) is 79.6 Å². The van der Waals surface area contributed by atoms with E-state index in [1.54, 1.807) is 28.8 Å². The van der Waals surface area contributed by atoms with Gasteiger partial charge in [-0.2, -0.15) is 5.26 Å². The molecule has 5 rings (SSSR count). The maximum Gasteiger partial charge on any atom is 0.161 e. The van der Waals surface area contributed by atoms with Gasteiger partial charge < -0.3 is 5.73 Å². The molecule has 1 heterocycles. The Morgan fingerprint density at radius 1 is 1.03 bits per heavy atom. The number of aryl methyl sites for hydroxylation is 3. The predicted octanol–water partition coefficient (Wildman–Crippen LogP) is 8.52. The summed E-state index contributed by atoms with van der Waals surface area (Å²) >= 11 is 14.8. The number of nitrogens with two attached hydrogens (primary N) is 1. The van der Waals surface area contributed by atoms with Gasteiger partial charge in [-0.3, -0.25) is 9.69 Å². The SMILES string of the molecule is Cc1cc(C)c(C2C(C#N)=C(N)N(c3cccc(Cl)c3Cl)C3=C2C(=O)CCC3)cc1CSc1ccccc1C. The van der Waals surface area contributed by atoms with Crippen LogP contribution in [0.3, 0.4) is 0 Å². The molecule has 2 aliphatic rings. The van der Waals surface area contributed by atoms with Crippen LogP contribution in [0.25, 0.3) is 0 Å². The summed E-state index contributed by atoms with van der Waals surface area (Å²) in [4.78, 5) is 16.6. The number of allylic oxidation sites excluding steroid dienone is 3. The van der Waals surface area contributed by atoms with Crippen molar-refractivity contribution in [3.63, 3.8) is 0 Å². The average Bonchev–Trinajstić information content (AvgIpc) is 2.91. The minimum Gasteiger partial charge on any atom is -0.384 e. The summed E-state index contributed by atoms with van der Waals surface area (Å²) in [6.45, 7) is 6.27. The number of nitrogens with zero attached hydrogens (tertiary/aromatic N) is 2. The number of hydrogen-bond donors (Lipinski definition) is 1. The molecule has 198 valence electrons. The molecule has 0 saturated carbocycles. The van der Waals surface area contributed by atoms with Crippen LogP contribution in [0, 0.1) is 32.1 Å². The first-order valence-electron chi connectivity index (χ1n) is 12.9. The summed E-state index contributed by atoms with van der Waals surface area (Å²) in [5.41, 5.74) is 14.7. The van der Waals surface area contributed by atoms with Crippen LogP contribution in [0.15, 0.2) is 82.2 Å². The lowest BCUT2D eigenvalue weighted by molar-refractivity contribution is -0.116. The van der Waals surface area contributed by atoms with Crippen LogP contribution in [0.4, 0.5) is 5.69 Å². The van der Waals surface area contributed by atoms with Crippen molar-refractivity contribution in [2.75, 3.05) is 4.90 Å². The molecule has 0 saturated heterocycles. The Labute approximate surface area is 244 Å². The first-order valence-corrected chi connectivity index (χ1v) is 14.7. The van der Waals surface area contributed by atoms with Crippen LogP contribution in [0.5, 0.6) is 0 Å². The van der Waals surface area contributed by atoms with E-state index in [0.29, 0.717) is 46.1 Å². The molecule has 1 aliphatic heterocycles. The molecule has 3 aromatic rings. The van der Waals surface area contributed by atoms with Gasteiger partial charge in [0.2, 0.25) is 0 Å². The molecule has 7 heteroatoms. The molecule has 0 aromatic heterocycles. The van der Waals surface area contributed by atoms with Crippen molar-refractivity contribution in [3.8, 4) is 6.07 Å². The third-order valence-corrected chi connectivity index (χ3v) is 9.63. The number of carbonyl (C=O) groups excluding carboxylic acids is 1. The molecular formula is C32H29Cl2N3OS. The van der Waals surface area contributed by atoms with E-state index in [9.17, 15) is 10.1 Å². The summed E-state index contributed by atoms with van der Waals surface area (Å²) in [5, 5.41) is 11.2. The number of hydrogen-bond acceptors (Lipinski definition) is 5. The third-order valence-electron chi connectivity index (χ3n) is 7.60. The van der Waals surface area contributed by atoms with Gasteiger partial charge in [0.25, 0.3) is 0 Å². The summed E-state index contributed by atoms with van der Waals surface area (Å²) < 4.78 is 0. The number of ketones is 1. The number of halogens is 2. The molecular weight excluding hydrogens is 545 g/mol. The first kappa shape index (κ1) is 27.4. The Bertz CT molecular complexity index is 1600. The third kappa shape index (κ3) is 4.98. The van der Waals surface area contributed by atoms with E-state index in [4.69, 9.17) is 28.9 Å². The van der Waals surface area contributed by atoms with Crippen molar-refractivity contribution in [3.05, 3.63) is 115 Å². The van der Waals surface area contributed by atoms with Crippen molar-refractivity contribution >= 4 is 46.4 Å². The molecule has 0 amide bonds. The van der Waals surface area contributed by atoms with E-state index in [0.717, 1.165) is 22.6 Å².